The van der Waals surface area contributed by atoms with Gasteiger partial charge in [-0.05, 0) is 31.0 Å². The first-order valence-corrected chi connectivity index (χ1v) is 6.85. The fourth-order valence-electron chi connectivity index (χ4n) is 1.88. The summed E-state index contributed by atoms with van der Waals surface area (Å²) < 4.78 is 18.0. The first-order valence-electron chi connectivity index (χ1n) is 6.85. The smallest absolute Gasteiger partial charge is 0.325 e. The molecule has 0 unspecified atom stereocenters. The van der Waals surface area contributed by atoms with E-state index in [2.05, 4.69) is 0 Å². The molecule has 0 aliphatic carbocycles. The van der Waals surface area contributed by atoms with Crippen LogP contribution in [0.2, 0.25) is 0 Å². The maximum absolute atomic E-state index is 13.2. The summed E-state index contributed by atoms with van der Waals surface area (Å²) in [5.74, 6) is -1.24. The van der Waals surface area contributed by atoms with Crippen molar-refractivity contribution in [2.75, 3.05) is 25.4 Å². The summed E-state index contributed by atoms with van der Waals surface area (Å²) in [7, 11) is 0. The van der Waals surface area contributed by atoms with Crippen molar-refractivity contribution in [2.45, 2.75) is 20.8 Å². The standard InChI is InChI=1S/C15H21FN2O3/c1-4-21-14(19)9-18(8-10(2)3)15(20)11-5-6-12(16)13(17)7-11/h5-7,10H,4,8-9,17H2,1-3H3. The van der Waals surface area contributed by atoms with Crippen LogP contribution in [0, 0.1) is 11.7 Å². The lowest BCUT2D eigenvalue weighted by atomic mass is 10.1. The summed E-state index contributed by atoms with van der Waals surface area (Å²) in [5.41, 5.74) is 5.62. The van der Waals surface area contributed by atoms with Crippen LogP contribution in [-0.2, 0) is 9.53 Å². The minimum atomic E-state index is -0.577. The Morgan fingerprint density at radius 2 is 2.05 bits per heavy atom. The molecule has 5 nitrogen and oxygen atoms in total. The molecule has 0 atom stereocenters. The molecule has 0 aromatic heterocycles. The number of carbonyl (C=O) groups excluding carboxylic acids is 2. The van der Waals surface area contributed by atoms with Crippen molar-refractivity contribution in [3.05, 3.63) is 29.6 Å². The van der Waals surface area contributed by atoms with Gasteiger partial charge in [-0.1, -0.05) is 13.8 Å². The highest BCUT2D eigenvalue weighted by Gasteiger charge is 2.21. The quantitative estimate of drug-likeness (QED) is 0.644. The summed E-state index contributed by atoms with van der Waals surface area (Å²) in [6.45, 7) is 6.09. The van der Waals surface area contributed by atoms with Crippen LogP contribution in [-0.4, -0.2) is 36.5 Å². The van der Waals surface area contributed by atoms with E-state index < -0.39 is 11.8 Å². The van der Waals surface area contributed by atoms with Crippen molar-refractivity contribution >= 4 is 17.6 Å². The van der Waals surface area contributed by atoms with Crippen molar-refractivity contribution in [2.24, 2.45) is 5.92 Å². The molecule has 0 heterocycles. The van der Waals surface area contributed by atoms with Crippen LogP contribution in [0.5, 0.6) is 0 Å². The number of nitrogen functional groups attached to an aromatic ring is 1. The molecule has 2 N–H and O–H groups in total. The Balaban J connectivity index is 2.92. The number of halogens is 1. The van der Waals surface area contributed by atoms with Crippen LogP contribution in [0.25, 0.3) is 0 Å². The van der Waals surface area contributed by atoms with Gasteiger partial charge in [0.1, 0.15) is 12.4 Å². The van der Waals surface area contributed by atoms with Gasteiger partial charge in [0.15, 0.2) is 0 Å². The molecular formula is C15H21FN2O3. The molecule has 0 saturated carbocycles. The normalized spacial score (nSPS) is 10.5. The lowest BCUT2D eigenvalue weighted by Gasteiger charge is -2.23. The molecule has 116 valence electrons. The maximum Gasteiger partial charge on any atom is 0.325 e. The number of ether oxygens (including phenoxy) is 1. The van der Waals surface area contributed by atoms with Crippen LogP contribution >= 0.6 is 0 Å². The van der Waals surface area contributed by atoms with Crippen molar-refractivity contribution in [3.8, 4) is 0 Å². The number of hydrogen-bond donors (Lipinski definition) is 1. The van der Waals surface area contributed by atoms with Gasteiger partial charge in [0.25, 0.3) is 5.91 Å². The first kappa shape index (κ1) is 16.9. The molecule has 0 aliphatic rings. The minimum Gasteiger partial charge on any atom is -0.465 e. The van der Waals surface area contributed by atoms with Gasteiger partial charge in [0.2, 0.25) is 0 Å². The lowest BCUT2D eigenvalue weighted by Crippen LogP contribution is -2.39. The second-order valence-corrected chi connectivity index (χ2v) is 5.12. The predicted molar refractivity (Wildman–Crippen MR) is 78.2 cm³/mol. The number of nitrogens with two attached hydrogens (primary N) is 1. The fraction of sp³-hybridized carbons (Fsp3) is 0.467. The minimum absolute atomic E-state index is 0.0959. The number of esters is 1. The molecule has 1 aromatic rings. The van der Waals surface area contributed by atoms with E-state index in [0.29, 0.717) is 6.54 Å². The zero-order chi connectivity index (χ0) is 16.0. The highest BCUT2D eigenvalue weighted by Crippen LogP contribution is 2.15. The second-order valence-electron chi connectivity index (χ2n) is 5.12. The third kappa shape index (κ3) is 5.06. The Morgan fingerprint density at radius 1 is 1.38 bits per heavy atom. The van der Waals surface area contributed by atoms with Gasteiger partial charge in [-0.25, -0.2) is 4.39 Å². The Hall–Kier alpha value is -2.11. The third-order valence-corrected chi connectivity index (χ3v) is 2.74. The molecule has 1 amide bonds. The Bertz CT molecular complexity index is 518. The van der Waals surface area contributed by atoms with E-state index in [1.165, 1.54) is 17.0 Å². The average Bonchev–Trinajstić information content (AvgIpc) is 2.40. The summed E-state index contributed by atoms with van der Waals surface area (Å²) >= 11 is 0. The largest absolute Gasteiger partial charge is 0.465 e. The molecule has 6 heteroatoms. The number of benzene rings is 1. The van der Waals surface area contributed by atoms with Crippen LogP contribution < -0.4 is 5.73 Å². The van der Waals surface area contributed by atoms with Gasteiger partial charge in [-0.15, -0.1) is 0 Å². The average molecular weight is 296 g/mol. The van der Waals surface area contributed by atoms with Gasteiger partial charge in [0.05, 0.1) is 12.3 Å². The number of rotatable bonds is 6. The molecule has 21 heavy (non-hydrogen) atoms. The van der Waals surface area contributed by atoms with Crippen LogP contribution in [0.4, 0.5) is 10.1 Å². The van der Waals surface area contributed by atoms with Crippen molar-refractivity contribution < 1.29 is 18.7 Å². The zero-order valence-corrected chi connectivity index (χ0v) is 12.6. The van der Waals surface area contributed by atoms with E-state index in [4.69, 9.17) is 10.5 Å². The van der Waals surface area contributed by atoms with Crippen molar-refractivity contribution in [1.29, 1.82) is 0 Å². The Labute approximate surface area is 123 Å². The number of amides is 1. The summed E-state index contributed by atoms with van der Waals surface area (Å²) in [6, 6.07) is 3.77. The third-order valence-electron chi connectivity index (χ3n) is 2.74. The van der Waals surface area contributed by atoms with Gasteiger partial charge in [-0.3, -0.25) is 9.59 Å². The van der Waals surface area contributed by atoms with Crippen LogP contribution in [0.3, 0.4) is 0 Å². The van der Waals surface area contributed by atoms with E-state index >= 15 is 0 Å². The number of carbonyl (C=O) groups is 2. The number of anilines is 1. The summed E-state index contributed by atoms with van der Waals surface area (Å²) in [4.78, 5) is 25.4. The van der Waals surface area contributed by atoms with Gasteiger partial charge in [0, 0.05) is 12.1 Å². The zero-order valence-electron chi connectivity index (χ0n) is 12.6. The first-order chi connectivity index (χ1) is 9.85. The second kappa shape index (κ2) is 7.61. The van der Waals surface area contributed by atoms with Gasteiger partial charge in [-0.2, -0.15) is 0 Å². The highest BCUT2D eigenvalue weighted by molar-refractivity contribution is 5.96. The van der Waals surface area contributed by atoms with Crippen molar-refractivity contribution in [3.63, 3.8) is 0 Å². The topological polar surface area (TPSA) is 72.6 Å². The SMILES string of the molecule is CCOC(=O)CN(CC(C)C)C(=O)c1ccc(F)c(N)c1. The molecule has 0 aliphatic heterocycles. The molecule has 0 spiro atoms. The Kier molecular flexibility index (Phi) is 6.14. The van der Waals surface area contributed by atoms with E-state index in [0.717, 1.165) is 6.07 Å². The van der Waals surface area contributed by atoms with Crippen LogP contribution in [0.1, 0.15) is 31.1 Å². The van der Waals surface area contributed by atoms with Crippen molar-refractivity contribution in [1.82, 2.24) is 4.90 Å². The maximum atomic E-state index is 13.2. The number of hydrogen-bond acceptors (Lipinski definition) is 4. The van der Waals surface area contributed by atoms with E-state index in [1.807, 2.05) is 13.8 Å². The van der Waals surface area contributed by atoms with E-state index in [9.17, 15) is 14.0 Å². The monoisotopic (exact) mass is 296 g/mol. The molecule has 1 rings (SSSR count). The molecule has 0 saturated heterocycles. The fourth-order valence-corrected chi connectivity index (χ4v) is 1.88. The predicted octanol–water partition coefficient (Wildman–Crippen LogP) is 2.07. The molecule has 0 radical (unpaired) electrons. The van der Waals surface area contributed by atoms with E-state index in [1.54, 1.807) is 6.92 Å². The van der Waals surface area contributed by atoms with Crippen LogP contribution in [0.15, 0.2) is 18.2 Å². The van der Waals surface area contributed by atoms with E-state index in [-0.39, 0.29) is 36.2 Å². The molecule has 1 aromatic carbocycles. The molecular weight excluding hydrogens is 275 g/mol. The summed E-state index contributed by atoms with van der Waals surface area (Å²) in [6.07, 6.45) is 0. The summed E-state index contributed by atoms with van der Waals surface area (Å²) in [5, 5.41) is 0. The molecule has 0 fully saturated rings. The lowest BCUT2D eigenvalue weighted by molar-refractivity contribution is -0.143. The van der Waals surface area contributed by atoms with Gasteiger partial charge >= 0.3 is 5.97 Å². The highest BCUT2D eigenvalue weighted by atomic mass is 19.1. The van der Waals surface area contributed by atoms with Gasteiger partial charge < -0.3 is 15.4 Å². The Morgan fingerprint density at radius 3 is 2.57 bits per heavy atom. The number of nitrogens with zero attached hydrogens (tertiary/aromatic N) is 1. The molecule has 0 bridgehead atoms.